The third-order valence-electron chi connectivity index (χ3n) is 4.59. The second kappa shape index (κ2) is 9.58. The molecule has 1 aromatic heterocycles. The van der Waals surface area contributed by atoms with Gasteiger partial charge in [0, 0.05) is 18.1 Å². The maximum atomic E-state index is 14.6. The second-order valence-corrected chi connectivity index (χ2v) is 6.73. The highest BCUT2D eigenvalue weighted by Crippen LogP contribution is 2.26. The number of halogens is 3. The van der Waals surface area contributed by atoms with Crippen molar-refractivity contribution >= 4 is 5.97 Å². The first-order valence-electron chi connectivity index (χ1n) is 9.57. The first kappa shape index (κ1) is 22.9. The van der Waals surface area contributed by atoms with E-state index in [1.807, 2.05) is 0 Å². The first-order chi connectivity index (χ1) is 15.2. The molecule has 11 heteroatoms. The minimum Gasteiger partial charge on any atom is -0.489 e. The van der Waals surface area contributed by atoms with Gasteiger partial charge in [0.05, 0.1) is 0 Å². The molecule has 0 saturated heterocycles. The smallest absolute Gasteiger partial charge is 0.355 e. The molecule has 0 bridgehead atoms. The number of carbonyl (C=O) groups excluding carboxylic acids is 1. The molecular weight excluding hydrogens is 431 g/mol. The number of hydrogen-bond donors (Lipinski definition) is 0. The van der Waals surface area contributed by atoms with Gasteiger partial charge in [0.15, 0.2) is 11.6 Å². The van der Waals surface area contributed by atoms with Gasteiger partial charge in [-0.2, -0.15) is 13.5 Å². The molecule has 2 aromatic carbocycles. The van der Waals surface area contributed by atoms with Gasteiger partial charge in [-0.15, -0.1) is 5.10 Å². The van der Waals surface area contributed by atoms with Gasteiger partial charge < -0.3 is 4.74 Å². The summed E-state index contributed by atoms with van der Waals surface area (Å²) in [6.07, 6.45) is 0.140. The zero-order chi connectivity index (χ0) is 23.4. The van der Waals surface area contributed by atoms with Crippen LogP contribution in [0.15, 0.2) is 41.2 Å². The molecule has 8 nitrogen and oxygen atoms in total. The van der Waals surface area contributed by atoms with Gasteiger partial charge in [-0.05, 0) is 37.6 Å². The lowest BCUT2D eigenvalue weighted by atomic mass is 10.1. The summed E-state index contributed by atoms with van der Waals surface area (Å²) in [7, 11) is 0. The van der Waals surface area contributed by atoms with Crippen LogP contribution in [0.5, 0.6) is 11.5 Å². The summed E-state index contributed by atoms with van der Waals surface area (Å²) in [6, 6.07) is 8.68. The highest BCUT2D eigenvalue weighted by atomic mass is 19.3. The molecule has 32 heavy (non-hydrogen) atoms. The Hall–Kier alpha value is -3.76. The van der Waals surface area contributed by atoms with Crippen LogP contribution in [0, 0.1) is 19.7 Å². The second-order valence-electron chi connectivity index (χ2n) is 6.73. The molecule has 0 radical (unpaired) electrons. The average Bonchev–Trinajstić information content (AvgIpc) is 3.05. The first-order valence-corrected chi connectivity index (χ1v) is 9.57. The summed E-state index contributed by atoms with van der Waals surface area (Å²) in [6.45, 7) is 1.51. The topological polar surface area (TPSA) is 84.6 Å². The lowest BCUT2D eigenvalue weighted by Crippen LogP contribution is -2.25. The minimum absolute atomic E-state index is 0.0382. The molecule has 0 aliphatic carbocycles. The Morgan fingerprint density at radius 1 is 1.19 bits per heavy atom. The van der Waals surface area contributed by atoms with Crippen molar-refractivity contribution in [1.82, 2.24) is 14.3 Å². The van der Waals surface area contributed by atoms with Gasteiger partial charge in [0.25, 0.3) is 0 Å². The third kappa shape index (κ3) is 4.76. The van der Waals surface area contributed by atoms with Gasteiger partial charge in [-0.1, -0.05) is 19.1 Å². The molecule has 0 unspecified atom stereocenters. The van der Waals surface area contributed by atoms with Crippen LogP contribution < -0.4 is 15.3 Å². The van der Waals surface area contributed by atoms with Crippen LogP contribution in [0.4, 0.5) is 13.2 Å². The molecule has 170 valence electrons. The molecular formula is C21H20F3N3O5. The molecule has 0 saturated carbocycles. The Balaban J connectivity index is 1.80. The average molecular weight is 451 g/mol. The third-order valence-corrected chi connectivity index (χ3v) is 4.59. The largest absolute Gasteiger partial charge is 0.489 e. The lowest BCUT2D eigenvalue weighted by molar-refractivity contribution is -0.213. The van der Waals surface area contributed by atoms with Crippen LogP contribution in [0.1, 0.15) is 36.8 Å². The van der Waals surface area contributed by atoms with E-state index in [1.165, 1.54) is 19.1 Å². The van der Waals surface area contributed by atoms with Crippen molar-refractivity contribution in [2.45, 2.75) is 40.3 Å². The fraction of sp³-hybridized carbons (Fsp3) is 0.286. The molecule has 0 aliphatic heterocycles. The molecule has 0 amide bonds. The Morgan fingerprint density at radius 2 is 1.94 bits per heavy atom. The summed E-state index contributed by atoms with van der Waals surface area (Å²) in [5, 5.41) is 3.70. The molecule has 0 aliphatic rings. The maximum absolute atomic E-state index is 14.6. The van der Waals surface area contributed by atoms with E-state index >= 15 is 0 Å². The molecule has 3 rings (SSSR count). The Morgan fingerprint density at radius 3 is 2.56 bits per heavy atom. The van der Waals surface area contributed by atoms with E-state index in [-0.39, 0.29) is 40.6 Å². The zero-order valence-electron chi connectivity index (χ0n) is 17.5. The SMILES string of the molecule is CCC(=O)OOc1cccc(C)c1COc1ccc(-n2nc(C)n(C(F)F)c2=O)c(F)c1. The predicted octanol–water partition coefficient (Wildman–Crippen LogP) is 4.01. The Kier molecular flexibility index (Phi) is 6.86. The number of ether oxygens (including phenoxy) is 1. The minimum atomic E-state index is -3.09. The van der Waals surface area contributed by atoms with Gasteiger partial charge in [0.2, 0.25) is 0 Å². The van der Waals surface area contributed by atoms with Crippen LogP contribution in [-0.4, -0.2) is 20.3 Å². The van der Waals surface area contributed by atoms with E-state index in [2.05, 4.69) is 5.10 Å². The van der Waals surface area contributed by atoms with Gasteiger partial charge in [-0.3, -0.25) is 9.78 Å². The monoisotopic (exact) mass is 451 g/mol. The highest BCUT2D eigenvalue weighted by molar-refractivity contribution is 5.68. The zero-order valence-corrected chi connectivity index (χ0v) is 17.5. The number of hydrogen-bond acceptors (Lipinski definition) is 6. The van der Waals surface area contributed by atoms with Gasteiger partial charge >= 0.3 is 18.2 Å². The Labute approximate surface area is 180 Å². The molecule has 3 aromatic rings. The van der Waals surface area contributed by atoms with Crippen molar-refractivity contribution in [3.05, 3.63) is 69.7 Å². The van der Waals surface area contributed by atoms with Crippen molar-refractivity contribution in [3.8, 4) is 17.2 Å². The summed E-state index contributed by atoms with van der Waals surface area (Å²) < 4.78 is 47.0. The number of rotatable bonds is 8. The van der Waals surface area contributed by atoms with Crippen LogP contribution in [0.25, 0.3) is 5.69 Å². The van der Waals surface area contributed by atoms with Gasteiger partial charge in [-0.25, -0.2) is 18.5 Å². The van der Waals surface area contributed by atoms with E-state index in [9.17, 15) is 22.8 Å². The molecule has 0 N–H and O–H groups in total. The quantitative estimate of drug-likeness (QED) is 0.380. The van der Waals surface area contributed by atoms with Crippen LogP contribution in [0.3, 0.4) is 0 Å². The van der Waals surface area contributed by atoms with Crippen LogP contribution in [0.2, 0.25) is 0 Å². The number of aromatic nitrogens is 3. The van der Waals surface area contributed by atoms with Crippen LogP contribution in [-0.2, 0) is 16.3 Å². The van der Waals surface area contributed by atoms with Crippen molar-refractivity contribution in [2.24, 2.45) is 0 Å². The summed E-state index contributed by atoms with van der Waals surface area (Å²) in [5.74, 6) is -1.30. The number of aryl methyl sites for hydroxylation is 2. The molecule has 0 fully saturated rings. The van der Waals surface area contributed by atoms with E-state index in [0.29, 0.717) is 10.2 Å². The fourth-order valence-corrected chi connectivity index (χ4v) is 2.85. The molecule has 0 spiro atoms. The van der Waals surface area contributed by atoms with E-state index in [1.54, 1.807) is 32.0 Å². The maximum Gasteiger partial charge on any atom is 0.355 e. The highest BCUT2D eigenvalue weighted by Gasteiger charge is 2.20. The lowest BCUT2D eigenvalue weighted by Gasteiger charge is -2.13. The number of nitrogens with zero attached hydrogens (tertiary/aromatic N) is 3. The number of carbonyl (C=O) groups is 1. The number of benzene rings is 2. The van der Waals surface area contributed by atoms with Crippen molar-refractivity contribution in [1.29, 1.82) is 0 Å². The van der Waals surface area contributed by atoms with Gasteiger partial charge in [0.1, 0.15) is 23.9 Å². The molecule has 0 atom stereocenters. The van der Waals surface area contributed by atoms with Crippen molar-refractivity contribution in [3.63, 3.8) is 0 Å². The van der Waals surface area contributed by atoms with E-state index < -0.39 is 24.0 Å². The van der Waals surface area contributed by atoms with Crippen molar-refractivity contribution in [2.75, 3.05) is 0 Å². The standard InChI is InChI=1S/C21H20F3N3O5/c1-4-19(28)32-31-18-7-5-6-12(2)15(18)11-30-14-8-9-17(16(22)10-14)27-21(29)26(20(23)24)13(3)25-27/h5-10,20H,4,11H2,1-3H3. The van der Waals surface area contributed by atoms with E-state index in [4.69, 9.17) is 14.5 Å². The summed E-state index contributed by atoms with van der Waals surface area (Å²) in [4.78, 5) is 33.3. The normalized spacial score (nSPS) is 11.0. The van der Waals surface area contributed by atoms with E-state index in [0.717, 1.165) is 11.6 Å². The van der Waals surface area contributed by atoms with Crippen molar-refractivity contribution < 1.29 is 32.5 Å². The fourth-order valence-electron chi connectivity index (χ4n) is 2.85. The summed E-state index contributed by atoms with van der Waals surface area (Å²) in [5.41, 5.74) is -0.0975. The number of alkyl halides is 2. The molecule has 1 heterocycles. The Bertz CT molecular complexity index is 1190. The summed E-state index contributed by atoms with van der Waals surface area (Å²) >= 11 is 0. The van der Waals surface area contributed by atoms with Crippen LogP contribution >= 0.6 is 0 Å². The predicted molar refractivity (Wildman–Crippen MR) is 106 cm³/mol.